The minimum atomic E-state index is -0.380. The van der Waals surface area contributed by atoms with Gasteiger partial charge in [-0.1, -0.05) is 59.8 Å². The van der Waals surface area contributed by atoms with Crippen LogP contribution in [-0.2, 0) is 5.11 Å². The van der Waals surface area contributed by atoms with E-state index in [0.29, 0.717) is 0 Å². The van der Waals surface area contributed by atoms with Crippen molar-refractivity contribution in [2.24, 2.45) is 5.41 Å². The molecule has 0 N–H and O–H groups in total. The first-order chi connectivity index (χ1) is 5.98. The maximum absolute atomic E-state index is 11.6. The van der Waals surface area contributed by atoms with Crippen molar-refractivity contribution in [1.82, 2.24) is 0 Å². The van der Waals surface area contributed by atoms with Crippen molar-refractivity contribution in [3.05, 3.63) is 0 Å². The monoisotopic (exact) mass is 185 g/mol. The molecule has 0 rings (SSSR count). The van der Waals surface area contributed by atoms with E-state index in [-0.39, 0.29) is 11.5 Å². The Bertz CT molecular complexity index is 113. The van der Waals surface area contributed by atoms with Crippen LogP contribution in [-0.4, -0.2) is 6.10 Å². The van der Waals surface area contributed by atoms with E-state index in [9.17, 15) is 5.11 Å². The van der Waals surface area contributed by atoms with Crippen molar-refractivity contribution >= 4 is 0 Å². The van der Waals surface area contributed by atoms with Crippen molar-refractivity contribution in [2.45, 2.75) is 72.3 Å². The molecule has 1 heteroatoms. The van der Waals surface area contributed by atoms with Gasteiger partial charge in [-0.15, -0.1) is 0 Å². The van der Waals surface area contributed by atoms with Gasteiger partial charge in [0.1, 0.15) is 0 Å². The highest BCUT2D eigenvalue weighted by molar-refractivity contribution is 4.71. The molecule has 0 aliphatic heterocycles. The first-order valence-electron chi connectivity index (χ1n) is 5.64. The lowest BCUT2D eigenvalue weighted by Crippen LogP contribution is -2.24. The van der Waals surface area contributed by atoms with Crippen LogP contribution in [0, 0.1) is 5.41 Å². The molecule has 1 atom stereocenters. The molecule has 0 fully saturated rings. The van der Waals surface area contributed by atoms with E-state index in [0.717, 1.165) is 12.8 Å². The van der Waals surface area contributed by atoms with E-state index in [1.54, 1.807) is 0 Å². The van der Waals surface area contributed by atoms with Crippen molar-refractivity contribution in [1.29, 1.82) is 0 Å². The Balaban J connectivity index is 3.32. The van der Waals surface area contributed by atoms with E-state index in [1.165, 1.54) is 25.7 Å². The quantitative estimate of drug-likeness (QED) is 0.553. The Morgan fingerprint density at radius 2 is 1.54 bits per heavy atom. The zero-order valence-corrected chi connectivity index (χ0v) is 9.73. The minimum absolute atomic E-state index is 0.0508. The SMILES string of the molecule is CCCCCCCC([O])C(C)(C)C. The largest absolute Gasteiger partial charge is 0.233 e. The maximum Gasteiger partial charge on any atom is 0.0978 e. The molecular formula is C12H25O. The molecule has 1 unspecified atom stereocenters. The molecule has 0 aromatic rings. The van der Waals surface area contributed by atoms with Gasteiger partial charge in [-0.05, 0) is 11.8 Å². The highest BCUT2D eigenvalue weighted by atomic mass is 16.3. The molecule has 79 valence electrons. The van der Waals surface area contributed by atoms with Crippen LogP contribution in [0.25, 0.3) is 0 Å². The lowest BCUT2D eigenvalue weighted by atomic mass is 9.86. The highest BCUT2D eigenvalue weighted by Crippen LogP contribution is 2.24. The van der Waals surface area contributed by atoms with Gasteiger partial charge in [0, 0.05) is 0 Å². The van der Waals surface area contributed by atoms with Crippen LogP contribution in [0.5, 0.6) is 0 Å². The van der Waals surface area contributed by atoms with Crippen LogP contribution in [0.4, 0.5) is 0 Å². The molecule has 1 nitrogen and oxygen atoms in total. The average molecular weight is 185 g/mol. The Morgan fingerprint density at radius 3 is 2.00 bits per heavy atom. The van der Waals surface area contributed by atoms with Crippen LogP contribution in [0.3, 0.4) is 0 Å². The predicted molar refractivity (Wildman–Crippen MR) is 57.3 cm³/mol. The minimum Gasteiger partial charge on any atom is -0.233 e. The summed E-state index contributed by atoms with van der Waals surface area (Å²) in [6, 6.07) is 0. The van der Waals surface area contributed by atoms with Gasteiger partial charge in [-0.2, -0.15) is 0 Å². The Labute approximate surface area is 83.5 Å². The van der Waals surface area contributed by atoms with Crippen LogP contribution in [0.1, 0.15) is 66.2 Å². The second-order valence-corrected chi connectivity index (χ2v) is 5.06. The summed E-state index contributed by atoms with van der Waals surface area (Å²) in [6.45, 7) is 8.33. The predicted octanol–water partition coefficient (Wildman–Crippen LogP) is 4.19. The summed E-state index contributed by atoms with van der Waals surface area (Å²) in [7, 11) is 0. The molecule has 0 aliphatic rings. The summed E-state index contributed by atoms with van der Waals surface area (Å²) < 4.78 is 0. The molecular weight excluding hydrogens is 160 g/mol. The zero-order chi connectivity index (χ0) is 10.3. The van der Waals surface area contributed by atoms with Gasteiger partial charge in [0.15, 0.2) is 0 Å². The third-order valence-electron chi connectivity index (χ3n) is 2.54. The smallest absolute Gasteiger partial charge is 0.0978 e. The van der Waals surface area contributed by atoms with Crippen LogP contribution < -0.4 is 0 Å². The Morgan fingerprint density at radius 1 is 1.00 bits per heavy atom. The standard InChI is InChI=1S/C12H25O/c1-5-6-7-8-9-10-11(13)12(2,3)4/h11H,5-10H2,1-4H3. The summed E-state index contributed by atoms with van der Waals surface area (Å²) in [5, 5.41) is 11.6. The van der Waals surface area contributed by atoms with Gasteiger partial charge in [0.05, 0.1) is 6.10 Å². The normalized spacial score (nSPS) is 14.5. The third-order valence-corrected chi connectivity index (χ3v) is 2.54. The third kappa shape index (κ3) is 7.06. The number of hydrogen-bond acceptors (Lipinski definition) is 0. The summed E-state index contributed by atoms with van der Waals surface area (Å²) in [5.41, 5.74) is -0.0508. The maximum atomic E-state index is 11.6. The molecule has 0 heterocycles. The summed E-state index contributed by atoms with van der Waals surface area (Å²) in [4.78, 5) is 0. The lowest BCUT2D eigenvalue weighted by molar-refractivity contribution is -0.00714. The summed E-state index contributed by atoms with van der Waals surface area (Å²) in [5.74, 6) is 0. The van der Waals surface area contributed by atoms with Crippen molar-refractivity contribution in [2.75, 3.05) is 0 Å². The van der Waals surface area contributed by atoms with Crippen LogP contribution in [0.2, 0.25) is 0 Å². The van der Waals surface area contributed by atoms with E-state index >= 15 is 0 Å². The van der Waals surface area contributed by atoms with Gasteiger partial charge in [-0.25, -0.2) is 5.11 Å². The first-order valence-corrected chi connectivity index (χ1v) is 5.64. The van der Waals surface area contributed by atoms with Gasteiger partial charge in [0.25, 0.3) is 0 Å². The van der Waals surface area contributed by atoms with Gasteiger partial charge in [0.2, 0.25) is 0 Å². The fraction of sp³-hybridized carbons (Fsp3) is 1.00. The number of hydrogen-bond donors (Lipinski definition) is 0. The van der Waals surface area contributed by atoms with Gasteiger partial charge in [-0.3, -0.25) is 0 Å². The second-order valence-electron chi connectivity index (χ2n) is 5.06. The van der Waals surface area contributed by atoms with Gasteiger partial charge >= 0.3 is 0 Å². The second kappa shape index (κ2) is 6.42. The highest BCUT2D eigenvalue weighted by Gasteiger charge is 2.22. The van der Waals surface area contributed by atoms with E-state index < -0.39 is 0 Å². The fourth-order valence-corrected chi connectivity index (χ4v) is 1.37. The van der Waals surface area contributed by atoms with Crippen LogP contribution >= 0.6 is 0 Å². The summed E-state index contributed by atoms with van der Waals surface area (Å²) in [6.07, 6.45) is 6.72. The lowest BCUT2D eigenvalue weighted by Gasteiger charge is -2.23. The molecule has 0 bridgehead atoms. The van der Waals surface area contributed by atoms with Crippen molar-refractivity contribution in [3.63, 3.8) is 0 Å². The summed E-state index contributed by atoms with van der Waals surface area (Å²) >= 11 is 0. The molecule has 13 heavy (non-hydrogen) atoms. The van der Waals surface area contributed by atoms with Crippen molar-refractivity contribution in [3.8, 4) is 0 Å². The molecule has 0 saturated heterocycles. The molecule has 0 saturated carbocycles. The number of unbranched alkanes of at least 4 members (excludes halogenated alkanes) is 4. The van der Waals surface area contributed by atoms with E-state index in [4.69, 9.17) is 0 Å². The molecule has 0 amide bonds. The first kappa shape index (κ1) is 13.0. The van der Waals surface area contributed by atoms with Gasteiger partial charge < -0.3 is 0 Å². The zero-order valence-electron chi connectivity index (χ0n) is 9.73. The fourth-order valence-electron chi connectivity index (χ4n) is 1.37. The molecule has 1 radical (unpaired) electrons. The van der Waals surface area contributed by atoms with E-state index in [1.807, 2.05) is 20.8 Å². The molecule has 0 spiro atoms. The van der Waals surface area contributed by atoms with Crippen LogP contribution in [0.15, 0.2) is 0 Å². The van der Waals surface area contributed by atoms with E-state index in [2.05, 4.69) is 6.92 Å². The molecule has 0 aliphatic carbocycles. The Hall–Kier alpha value is -0.0400. The number of rotatable bonds is 6. The van der Waals surface area contributed by atoms with Crippen molar-refractivity contribution < 1.29 is 5.11 Å². The topological polar surface area (TPSA) is 19.9 Å². The molecule has 0 aromatic heterocycles. The average Bonchev–Trinajstić information content (AvgIpc) is 2.02. The Kier molecular flexibility index (Phi) is 6.40. The molecule has 0 aromatic carbocycles.